The topological polar surface area (TPSA) is 27.1 Å². The summed E-state index contributed by atoms with van der Waals surface area (Å²) in [6.07, 6.45) is 3.15. The average molecular weight is 272 g/mol. The van der Waals surface area contributed by atoms with Crippen molar-refractivity contribution in [2.45, 2.75) is 0 Å². The van der Waals surface area contributed by atoms with E-state index in [9.17, 15) is 8.78 Å². The van der Waals surface area contributed by atoms with Gasteiger partial charge in [-0.1, -0.05) is 6.07 Å². The summed E-state index contributed by atoms with van der Waals surface area (Å²) < 4.78 is 32.9. The fraction of sp³-hybridized carbons (Fsp3) is 0. The lowest BCUT2D eigenvalue weighted by molar-refractivity contribution is 0.476. The molecule has 3 aromatic rings. The Morgan fingerprint density at radius 3 is 2.45 bits per heavy atom. The standard InChI is InChI=1S/C15H10F2N2O/c16-11-4-6-13(7-5-11)19-10-15(9-18-19)20-14-3-1-2-12(17)8-14/h1-10H. The van der Waals surface area contributed by atoms with Gasteiger partial charge in [-0.25, -0.2) is 13.5 Å². The first-order valence-electron chi connectivity index (χ1n) is 5.95. The summed E-state index contributed by atoms with van der Waals surface area (Å²) in [5, 5.41) is 4.11. The van der Waals surface area contributed by atoms with Gasteiger partial charge in [0.2, 0.25) is 0 Å². The molecule has 3 nitrogen and oxygen atoms in total. The molecule has 0 spiro atoms. The van der Waals surface area contributed by atoms with Gasteiger partial charge in [0.25, 0.3) is 0 Å². The number of benzene rings is 2. The molecule has 0 radical (unpaired) electrons. The molecule has 1 aromatic heterocycles. The van der Waals surface area contributed by atoms with Gasteiger partial charge in [-0.3, -0.25) is 0 Å². The van der Waals surface area contributed by atoms with Gasteiger partial charge in [0, 0.05) is 6.07 Å². The van der Waals surface area contributed by atoms with Gasteiger partial charge in [-0.05, 0) is 36.4 Å². The van der Waals surface area contributed by atoms with Crippen LogP contribution < -0.4 is 4.74 Å². The number of aromatic nitrogens is 2. The molecule has 5 heteroatoms. The van der Waals surface area contributed by atoms with Crippen molar-refractivity contribution in [2.24, 2.45) is 0 Å². The summed E-state index contributed by atoms with van der Waals surface area (Å²) >= 11 is 0. The molecule has 0 aliphatic heterocycles. The zero-order valence-corrected chi connectivity index (χ0v) is 10.3. The Kier molecular flexibility index (Phi) is 3.16. The number of nitrogens with zero attached hydrogens (tertiary/aromatic N) is 2. The number of ether oxygens (including phenoxy) is 1. The Morgan fingerprint density at radius 1 is 0.900 bits per heavy atom. The Morgan fingerprint density at radius 2 is 1.70 bits per heavy atom. The number of hydrogen-bond donors (Lipinski definition) is 0. The van der Waals surface area contributed by atoms with Gasteiger partial charge in [-0.2, -0.15) is 5.10 Å². The molecular formula is C15H10F2N2O. The van der Waals surface area contributed by atoms with Crippen LogP contribution in [0.4, 0.5) is 8.78 Å². The largest absolute Gasteiger partial charge is 0.454 e. The van der Waals surface area contributed by atoms with E-state index in [1.54, 1.807) is 35.1 Å². The van der Waals surface area contributed by atoms with Crippen molar-refractivity contribution in [3.05, 3.63) is 72.6 Å². The minimum absolute atomic E-state index is 0.308. The first-order chi connectivity index (χ1) is 9.70. The third kappa shape index (κ3) is 2.66. The lowest BCUT2D eigenvalue weighted by Crippen LogP contribution is -1.93. The third-order valence-corrected chi connectivity index (χ3v) is 2.68. The van der Waals surface area contributed by atoms with Crippen molar-refractivity contribution in [1.82, 2.24) is 9.78 Å². The zero-order chi connectivity index (χ0) is 13.9. The quantitative estimate of drug-likeness (QED) is 0.722. The van der Waals surface area contributed by atoms with Crippen LogP contribution in [0.25, 0.3) is 5.69 Å². The van der Waals surface area contributed by atoms with E-state index in [1.807, 2.05) is 0 Å². The van der Waals surface area contributed by atoms with Crippen molar-refractivity contribution in [3.63, 3.8) is 0 Å². The second-order valence-corrected chi connectivity index (χ2v) is 4.16. The van der Waals surface area contributed by atoms with Gasteiger partial charge in [-0.15, -0.1) is 0 Å². The Bertz CT molecular complexity index is 723. The summed E-state index contributed by atoms with van der Waals surface area (Å²) in [5.74, 6) is 0.189. The molecule has 0 fully saturated rings. The molecule has 100 valence electrons. The minimum Gasteiger partial charge on any atom is -0.454 e. The van der Waals surface area contributed by atoms with Crippen LogP contribution in [0.1, 0.15) is 0 Å². The van der Waals surface area contributed by atoms with Crippen molar-refractivity contribution < 1.29 is 13.5 Å². The Hall–Kier alpha value is -2.69. The maximum atomic E-state index is 13.0. The monoisotopic (exact) mass is 272 g/mol. The minimum atomic E-state index is -0.367. The molecule has 0 aliphatic rings. The predicted octanol–water partition coefficient (Wildman–Crippen LogP) is 3.94. The van der Waals surface area contributed by atoms with E-state index in [0.29, 0.717) is 17.2 Å². The highest BCUT2D eigenvalue weighted by atomic mass is 19.1. The van der Waals surface area contributed by atoms with Crippen LogP contribution in [-0.2, 0) is 0 Å². The van der Waals surface area contributed by atoms with Crippen molar-refractivity contribution in [3.8, 4) is 17.2 Å². The van der Waals surface area contributed by atoms with Gasteiger partial charge in [0.05, 0.1) is 18.1 Å². The predicted molar refractivity (Wildman–Crippen MR) is 70.0 cm³/mol. The number of rotatable bonds is 3. The van der Waals surface area contributed by atoms with Crippen LogP contribution in [0.2, 0.25) is 0 Å². The highest BCUT2D eigenvalue weighted by Crippen LogP contribution is 2.22. The van der Waals surface area contributed by atoms with E-state index in [-0.39, 0.29) is 11.6 Å². The molecule has 0 saturated heterocycles. The smallest absolute Gasteiger partial charge is 0.165 e. The van der Waals surface area contributed by atoms with Gasteiger partial charge >= 0.3 is 0 Å². The summed E-state index contributed by atoms with van der Waals surface area (Å²) in [6, 6.07) is 11.8. The van der Waals surface area contributed by atoms with Crippen LogP contribution in [0.5, 0.6) is 11.5 Å². The van der Waals surface area contributed by atoms with E-state index in [4.69, 9.17) is 4.74 Å². The number of halogens is 2. The second kappa shape index (κ2) is 5.13. The van der Waals surface area contributed by atoms with Crippen molar-refractivity contribution in [2.75, 3.05) is 0 Å². The SMILES string of the molecule is Fc1ccc(-n2cc(Oc3cccc(F)c3)cn2)cc1. The van der Waals surface area contributed by atoms with Gasteiger partial charge in [0.15, 0.2) is 5.75 Å². The molecule has 2 aromatic carbocycles. The average Bonchev–Trinajstić information content (AvgIpc) is 2.88. The first kappa shape index (κ1) is 12.3. The highest BCUT2D eigenvalue weighted by molar-refractivity contribution is 5.34. The van der Waals surface area contributed by atoms with E-state index < -0.39 is 0 Å². The fourth-order valence-electron chi connectivity index (χ4n) is 1.76. The summed E-state index contributed by atoms with van der Waals surface area (Å²) in [4.78, 5) is 0. The highest BCUT2D eigenvalue weighted by Gasteiger charge is 2.04. The lowest BCUT2D eigenvalue weighted by Gasteiger charge is -2.02. The summed E-state index contributed by atoms with van der Waals surface area (Å²) in [7, 11) is 0. The van der Waals surface area contributed by atoms with Crippen LogP contribution in [0, 0.1) is 11.6 Å². The van der Waals surface area contributed by atoms with E-state index in [1.165, 1.54) is 30.5 Å². The molecule has 0 unspecified atom stereocenters. The molecule has 1 heterocycles. The maximum Gasteiger partial charge on any atom is 0.165 e. The van der Waals surface area contributed by atoms with Crippen LogP contribution >= 0.6 is 0 Å². The van der Waals surface area contributed by atoms with Crippen molar-refractivity contribution in [1.29, 1.82) is 0 Å². The summed E-state index contributed by atoms with van der Waals surface area (Å²) in [5.41, 5.74) is 0.709. The first-order valence-corrected chi connectivity index (χ1v) is 5.95. The molecule has 0 aliphatic carbocycles. The van der Waals surface area contributed by atoms with Crippen LogP contribution in [0.3, 0.4) is 0 Å². The molecule has 20 heavy (non-hydrogen) atoms. The molecule has 3 rings (SSSR count). The van der Waals surface area contributed by atoms with Gasteiger partial charge in [0.1, 0.15) is 17.4 Å². The fourth-order valence-corrected chi connectivity index (χ4v) is 1.76. The van der Waals surface area contributed by atoms with E-state index >= 15 is 0 Å². The second-order valence-electron chi connectivity index (χ2n) is 4.16. The zero-order valence-electron chi connectivity index (χ0n) is 10.3. The molecule has 0 bridgehead atoms. The third-order valence-electron chi connectivity index (χ3n) is 2.68. The van der Waals surface area contributed by atoms with Crippen LogP contribution in [0.15, 0.2) is 60.9 Å². The summed E-state index contributed by atoms with van der Waals surface area (Å²) in [6.45, 7) is 0. The molecule has 0 atom stereocenters. The molecule has 0 saturated carbocycles. The van der Waals surface area contributed by atoms with Crippen molar-refractivity contribution >= 4 is 0 Å². The Balaban J connectivity index is 1.82. The molecule has 0 N–H and O–H groups in total. The van der Waals surface area contributed by atoms with E-state index in [2.05, 4.69) is 5.10 Å². The number of hydrogen-bond acceptors (Lipinski definition) is 2. The van der Waals surface area contributed by atoms with Gasteiger partial charge < -0.3 is 4.74 Å². The maximum absolute atomic E-state index is 13.0. The van der Waals surface area contributed by atoms with E-state index in [0.717, 1.165) is 0 Å². The Labute approximate surface area is 114 Å². The lowest BCUT2D eigenvalue weighted by atomic mass is 10.3. The van der Waals surface area contributed by atoms with Crippen LogP contribution in [-0.4, -0.2) is 9.78 Å². The normalized spacial score (nSPS) is 10.5. The molecular weight excluding hydrogens is 262 g/mol. The molecule has 0 amide bonds.